The maximum absolute atomic E-state index is 13.4. The predicted molar refractivity (Wildman–Crippen MR) is 52.9 cm³/mol. The van der Waals surface area contributed by atoms with E-state index >= 15 is 0 Å². The van der Waals surface area contributed by atoms with Crippen LogP contribution in [-0.4, -0.2) is 13.7 Å². The number of methoxy groups -OCH3 is 1. The summed E-state index contributed by atoms with van der Waals surface area (Å²) in [4.78, 5) is 0. The van der Waals surface area contributed by atoms with Gasteiger partial charge in [0, 0.05) is 6.04 Å². The number of halogens is 1. The molecule has 1 aliphatic heterocycles. The lowest BCUT2D eigenvalue weighted by Gasteiger charge is -2.11. The van der Waals surface area contributed by atoms with E-state index in [2.05, 4.69) is 5.32 Å². The van der Waals surface area contributed by atoms with Gasteiger partial charge in [-0.25, -0.2) is 4.39 Å². The molecule has 1 N–H and O–H groups in total. The van der Waals surface area contributed by atoms with Crippen LogP contribution in [0, 0.1) is 5.82 Å². The van der Waals surface area contributed by atoms with Gasteiger partial charge in [0.1, 0.15) is 0 Å². The third kappa shape index (κ3) is 1.73. The van der Waals surface area contributed by atoms with Gasteiger partial charge in [0.15, 0.2) is 11.6 Å². The Morgan fingerprint density at radius 3 is 2.93 bits per heavy atom. The summed E-state index contributed by atoms with van der Waals surface area (Å²) < 4.78 is 18.2. The number of rotatable bonds is 2. The molecule has 0 aromatic heterocycles. The van der Waals surface area contributed by atoms with E-state index in [9.17, 15) is 4.39 Å². The summed E-state index contributed by atoms with van der Waals surface area (Å²) in [7, 11) is 1.48. The normalized spacial score (nSPS) is 21.1. The molecule has 2 nitrogen and oxygen atoms in total. The zero-order chi connectivity index (χ0) is 9.97. The van der Waals surface area contributed by atoms with Gasteiger partial charge in [-0.15, -0.1) is 0 Å². The van der Waals surface area contributed by atoms with Gasteiger partial charge in [-0.2, -0.15) is 0 Å². The minimum Gasteiger partial charge on any atom is -0.494 e. The number of nitrogens with one attached hydrogen (secondary N) is 1. The molecule has 1 saturated heterocycles. The standard InChI is InChI=1S/C11H14FNO/c1-14-11-5-4-8(7-9(11)12)10-3-2-6-13-10/h4-5,7,10,13H,2-3,6H2,1H3/t10-/m0/s1. The second-order valence-corrected chi connectivity index (χ2v) is 3.54. The highest BCUT2D eigenvalue weighted by Gasteiger charge is 2.17. The Balaban J connectivity index is 2.23. The number of hydrogen-bond acceptors (Lipinski definition) is 2. The fourth-order valence-electron chi connectivity index (χ4n) is 1.87. The van der Waals surface area contributed by atoms with E-state index in [1.54, 1.807) is 12.1 Å². The van der Waals surface area contributed by atoms with Crippen molar-refractivity contribution in [3.8, 4) is 5.75 Å². The zero-order valence-corrected chi connectivity index (χ0v) is 8.22. The maximum Gasteiger partial charge on any atom is 0.165 e. The third-order valence-electron chi connectivity index (χ3n) is 2.64. The summed E-state index contributed by atoms with van der Waals surface area (Å²) in [5.41, 5.74) is 1.01. The minimum atomic E-state index is -0.279. The Morgan fingerprint density at radius 2 is 2.36 bits per heavy atom. The van der Waals surface area contributed by atoms with Gasteiger partial charge >= 0.3 is 0 Å². The molecule has 1 atom stereocenters. The van der Waals surface area contributed by atoms with Gasteiger partial charge in [0.05, 0.1) is 7.11 Å². The van der Waals surface area contributed by atoms with Crippen LogP contribution in [0.2, 0.25) is 0 Å². The molecule has 0 amide bonds. The highest BCUT2D eigenvalue weighted by molar-refractivity contribution is 5.31. The van der Waals surface area contributed by atoms with Crippen LogP contribution in [0.25, 0.3) is 0 Å². The van der Waals surface area contributed by atoms with Crippen molar-refractivity contribution < 1.29 is 9.13 Å². The molecule has 1 aromatic rings. The first-order chi connectivity index (χ1) is 6.81. The lowest BCUT2D eigenvalue weighted by Crippen LogP contribution is -2.12. The van der Waals surface area contributed by atoms with Crippen LogP contribution in [0.4, 0.5) is 4.39 Å². The van der Waals surface area contributed by atoms with Crippen molar-refractivity contribution in [3.63, 3.8) is 0 Å². The molecule has 0 aliphatic carbocycles. The Bertz CT molecular complexity index is 321. The van der Waals surface area contributed by atoms with Crippen molar-refractivity contribution in [1.29, 1.82) is 0 Å². The van der Waals surface area contributed by atoms with E-state index in [0.717, 1.165) is 24.9 Å². The van der Waals surface area contributed by atoms with Crippen LogP contribution in [0.5, 0.6) is 5.75 Å². The van der Waals surface area contributed by atoms with Crippen LogP contribution >= 0.6 is 0 Å². The summed E-state index contributed by atoms with van der Waals surface area (Å²) >= 11 is 0. The SMILES string of the molecule is COc1ccc([C@@H]2CCCN2)cc1F. The Hall–Kier alpha value is -1.09. The average Bonchev–Trinajstić information content (AvgIpc) is 2.70. The summed E-state index contributed by atoms with van der Waals surface area (Å²) in [6.07, 6.45) is 2.25. The molecule has 3 heteroatoms. The van der Waals surface area contributed by atoms with E-state index in [1.807, 2.05) is 6.07 Å². The molecule has 0 unspecified atom stereocenters. The Labute approximate surface area is 83.1 Å². The van der Waals surface area contributed by atoms with E-state index in [4.69, 9.17) is 4.74 Å². The molecule has 1 aromatic carbocycles. The number of benzene rings is 1. The molecule has 0 saturated carbocycles. The molecule has 1 aliphatic rings. The lowest BCUT2D eigenvalue weighted by atomic mass is 10.1. The van der Waals surface area contributed by atoms with Crippen molar-refractivity contribution in [3.05, 3.63) is 29.6 Å². The van der Waals surface area contributed by atoms with Gasteiger partial charge in [-0.1, -0.05) is 6.07 Å². The number of ether oxygens (including phenoxy) is 1. The summed E-state index contributed by atoms with van der Waals surface area (Å²) in [6, 6.07) is 5.48. The van der Waals surface area contributed by atoms with Crippen molar-refractivity contribution >= 4 is 0 Å². The number of hydrogen-bond donors (Lipinski definition) is 1. The first-order valence-corrected chi connectivity index (χ1v) is 4.88. The highest BCUT2D eigenvalue weighted by atomic mass is 19.1. The summed E-state index contributed by atoms with van der Waals surface area (Å²) in [6.45, 7) is 1.03. The Kier molecular flexibility index (Phi) is 2.68. The molecule has 2 rings (SSSR count). The molecule has 0 bridgehead atoms. The minimum absolute atomic E-state index is 0.279. The fraction of sp³-hybridized carbons (Fsp3) is 0.455. The molecule has 1 fully saturated rings. The monoisotopic (exact) mass is 195 g/mol. The molecule has 76 valence electrons. The summed E-state index contributed by atoms with van der Waals surface area (Å²) in [5.74, 6) is 0.0328. The summed E-state index contributed by atoms with van der Waals surface area (Å²) in [5, 5.41) is 3.33. The van der Waals surface area contributed by atoms with Crippen molar-refractivity contribution in [2.75, 3.05) is 13.7 Å². The van der Waals surface area contributed by atoms with Crippen molar-refractivity contribution in [2.45, 2.75) is 18.9 Å². The molecule has 14 heavy (non-hydrogen) atoms. The van der Waals surface area contributed by atoms with E-state index in [-0.39, 0.29) is 5.82 Å². The quantitative estimate of drug-likeness (QED) is 0.781. The van der Waals surface area contributed by atoms with Gasteiger partial charge in [-0.3, -0.25) is 0 Å². The largest absolute Gasteiger partial charge is 0.494 e. The van der Waals surface area contributed by atoms with Crippen molar-refractivity contribution in [1.82, 2.24) is 5.32 Å². The van der Waals surface area contributed by atoms with Crippen LogP contribution in [0.15, 0.2) is 18.2 Å². The van der Waals surface area contributed by atoms with Gasteiger partial charge < -0.3 is 10.1 Å². The second kappa shape index (κ2) is 3.96. The van der Waals surface area contributed by atoms with Gasteiger partial charge in [0.25, 0.3) is 0 Å². The van der Waals surface area contributed by atoms with E-state index < -0.39 is 0 Å². The maximum atomic E-state index is 13.4. The lowest BCUT2D eigenvalue weighted by molar-refractivity contribution is 0.385. The molecular formula is C11H14FNO. The van der Waals surface area contributed by atoms with Crippen molar-refractivity contribution in [2.24, 2.45) is 0 Å². The zero-order valence-electron chi connectivity index (χ0n) is 8.22. The third-order valence-corrected chi connectivity index (χ3v) is 2.64. The topological polar surface area (TPSA) is 21.3 Å². The van der Waals surface area contributed by atoms with Crippen LogP contribution in [0.1, 0.15) is 24.4 Å². The first kappa shape index (κ1) is 9.46. The van der Waals surface area contributed by atoms with Crippen LogP contribution < -0.4 is 10.1 Å². The van der Waals surface area contributed by atoms with E-state index in [0.29, 0.717) is 11.8 Å². The fourth-order valence-corrected chi connectivity index (χ4v) is 1.87. The van der Waals surface area contributed by atoms with Gasteiger partial charge in [-0.05, 0) is 37.1 Å². The van der Waals surface area contributed by atoms with E-state index in [1.165, 1.54) is 7.11 Å². The molecule has 0 spiro atoms. The smallest absolute Gasteiger partial charge is 0.165 e. The molecule has 0 radical (unpaired) electrons. The predicted octanol–water partition coefficient (Wildman–Crippen LogP) is 2.26. The molecular weight excluding hydrogens is 181 g/mol. The first-order valence-electron chi connectivity index (χ1n) is 4.88. The average molecular weight is 195 g/mol. The Morgan fingerprint density at radius 1 is 1.50 bits per heavy atom. The molecule has 1 heterocycles. The van der Waals surface area contributed by atoms with Crippen LogP contribution in [-0.2, 0) is 0 Å². The van der Waals surface area contributed by atoms with Crippen LogP contribution in [0.3, 0.4) is 0 Å². The second-order valence-electron chi connectivity index (χ2n) is 3.54. The van der Waals surface area contributed by atoms with Gasteiger partial charge in [0.2, 0.25) is 0 Å². The highest BCUT2D eigenvalue weighted by Crippen LogP contribution is 2.26.